The monoisotopic (exact) mass is 268 g/mol. The highest BCUT2D eigenvalue weighted by molar-refractivity contribution is 7.89. The van der Waals surface area contributed by atoms with Gasteiger partial charge in [-0.1, -0.05) is 0 Å². The molecule has 0 aliphatic heterocycles. The van der Waals surface area contributed by atoms with Crippen molar-refractivity contribution in [2.24, 2.45) is 5.92 Å². The molecular formula is C13H20N2O2S. The van der Waals surface area contributed by atoms with E-state index in [1.165, 1.54) is 12.8 Å². The molecule has 0 saturated heterocycles. The van der Waals surface area contributed by atoms with Crippen molar-refractivity contribution in [3.63, 3.8) is 0 Å². The maximum atomic E-state index is 11.9. The Morgan fingerprint density at radius 1 is 1.22 bits per heavy atom. The summed E-state index contributed by atoms with van der Waals surface area (Å²) in [5.74, 6) is 0.802. The molecule has 0 amide bonds. The van der Waals surface area contributed by atoms with Gasteiger partial charge in [0.05, 0.1) is 4.90 Å². The van der Waals surface area contributed by atoms with Gasteiger partial charge in [-0.05, 0) is 56.9 Å². The molecule has 100 valence electrons. The van der Waals surface area contributed by atoms with E-state index < -0.39 is 10.0 Å². The molecule has 1 fully saturated rings. The number of hydrogen-bond donors (Lipinski definition) is 2. The fourth-order valence-corrected chi connectivity index (χ4v) is 2.97. The molecule has 0 heterocycles. The fraction of sp³-hybridized carbons (Fsp3) is 0.538. The minimum Gasteiger partial charge on any atom is -0.385 e. The zero-order chi connectivity index (χ0) is 13.2. The van der Waals surface area contributed by atoms with Crippen LogP contribution in [0.4, 0.5) is 5.69 Å². The van der Waals surface area contributed by atoms with E-state index in [0.717, 1.165) is 18.2 Å². The van der Waals surface area contributed by atoms with Gasteiger partial charge in [-0.2, -0.15) is 0 Å². The van der Waals surface area contributed by atoms with Gasteiger partial charge in [-0.15, -0.1) is 0 Å². The van der Waals surface area contributed by atoms with Gasteiger partial charge in [0, 0.05) is 18.3 Å². The minimum atomic E-state index is -3.37. The molecule has 0 unspecified atom stereocenters. The first kappa shape index (κ1) is 13.4. The van der Waals surface area contributed by atoms with Crippen LogP contribution in [0, 0.1) is 5.92 Å². The topological polar surface area (TPSA) is 58.2 Å². The molecule has 1 aliphatic carbocycles. The summed E-state index contributed by atoms with van der Waals surface area (Å²) in [5.41, 5.74) is 0.977. The van der Waals surface area contributed by atoms with Gasteiger partial charge >= 0.3 is 0 Å². The third-order valence-electron chi connectivity index (χ3n) is 2.85. The molecule has 0 radical (unpaired) electrons. The summed E-state index contributed by atoms with van der Waals surface area (Å²) < 4.78 is 26.4. The first-order valence-corrected chi connectivity index (χ1v) is 7.82. The smallest absolute Gasteiger partial charge is 0.240 e. The molecule has 2 N–H and O–H groups in total. The normalized spacial score (nSPS) is 15.9. The van der Waals surface area contributed by atoms with Crippen LogP contribution in [0.15, 0.2) is 29.2 Å². The van der Waals surface area contributed by atoms with E-state index in [2.05, 4.69) is 10.0 Å². The predicted octanol–water partition coefficient (Wildman–Crippen LogP) is 2.20. The molecular weight excluding hydrogens is 248 g/mol. The molecule has 0 spiro atoms. The highest BCUT2D eigenvalue weighted by atomic mass is 32.2. The molecule has 4 nitrogen and oxygen atoms in total. The average Bonchev–Trinajstić information content (AvgIpc) is 3.09. The second kappa shape index (κ2) is 5.28. The van der Waals surface area contributed by atoms with Gasteiger partial charge in [0.2, 0.25) is 10.0 Å². The lowest BCUT2D eigenvalue weighted by atomic mass is 10.3. The number of sulfonamides is 1. The maximum Gasteiger partial charge on any atom is 0.240 e. The third kappa shape index (κ3) is 3.71. The highest BCUT2D eigenvalue weighted by Crippen LogP contribution is 2.29. The predicted molar refractivity (Wildman–Crippen MR) is 73.1 cm³/mol. The summed E-state index contributed by atoms with van der Waals surface area (Å²) >= 11 is 0. The molecule has 1 aliphatic rings. The Bertz CT molecular complexity index is 490. The van der Waals surface area contributed by atoms with Crippen molar-refractivity contribution in [2.45, 2.75) is 37.6 Å². The quantitative estimate of drug-likeness (QED) is 0.831. The zero-order valence-corrected chi connectivity index (χ0v) is 11.6. The Labute approximate surface area is 109 Å². The van der Waals surface area contributed by atoms with Crippen molar-refractivity contribution in [3.05, 3.63) is 24.3 Å². The summed E-state index contributed by atoms with van der Waals surface area (Å²) in [7, 11) is -3.37. The first-order valence-electron chi connectivity index (χ1n) is 6.33. The Kier molecular flexibility index (Phi) is 3.92. The van der Waals surface area contributed by atoms with Crippen molar-refractivity contribution in [1.82, 2.24) is 4.72 Å². The summed E-state index contributed by atoms with van der Waals surface area (Å²) in [6.07, 6.45) is 2.61. The lowest BCUT2D eigenvalue weighted by Gasteiger charge is -2.10. The standard InChI is InChI=1S/C13H20N2O2S/c1-10(2)15-18(16,17)13-7-5-12(6-8-13)14-9-11-3-4-11/h5-8,10-11,14-15H,3-4,9H2,1-2H3. The Morgan fingerprint density at radius 3 is 2.33 bits per heavy atom. The van der Waals surface area contributed by atoms with E-state index in [1.807, 2.05) is 26.0 Å². The average molecular weight is 268 g/mol. The molecule has 1 aromatic rings. The lowest BCUT2D eigenvalue weighted by Crippen LogP contribution is -2.30. The molecule has 18 heavy (non-hydrogen) atoms. The number of nitrogens with one attached hydrogen (secondary N) is 2. The molecule has 0 bridgehead atoms. The SMILES string of the molecule is CC(C)NS(=O)(=O)c1ccc(NCC2CC2)cc1. The third-order valence-corrected chi connectivity index (χ3v) is 4.52. The number of anilines is 1. The zero-order valence-electron chi connectivity index (χ0n) is 10.8. The van der Waals surface area contributed by atoms with E-state index in [1.54, 1.807) is 12.1 Å². The van der Waals surface area contributed by atoms with Crippen molar-refractivity contribution >= 4 is 15.7 Å². The van der Waals surface area contributed by atoms with Crippen molar-refractivity contribution in [2.75, 3.05) is 11.9 Å². The summed E-state index contributed by atoms with van der Waals surface area (Å²) in [6, 6.07) is 6.82. The minimum absolute atomic E-state index is 0.0948. The molecule has 0 atom stereocenters. The second-order valence-electron chi connectivity index (χ2n) is 5.12. The Morgan fingerprint density at radius 2 is 1.83 bits per heavy atom. The van der Waals surface area contributed by atoms with Crippen LogP contribution in [-0.4, -0.2) is 21.0 Å². The lowest BCUT2D eigenvalue weighted by molar-refractivity contribution is 0.570. The van der Waals surface area contributed by atoms with Gasteiger partial charge in [0.25, 0.3) is 0 Å². The van der Waals surface area contributed by atoms with Crippen LogP contribution in [0.2, 0.25) is 0 Å². The molecule has 2 rings (SSSR count). The van der Waals surface area contributed by atoms with Crippen LogP contribution in [-0.2, 0) is 10.0 Å². The molecule has 1 saturated carbocycles. The van der Waals surface area contributed by atoms with Crippen LogP contribution in [0.25, 0.3) is 0 Å². The van der Waals surface area contributed by atoms with E-state index >= 15 is 0 Å². The van der Waals surface area contributed by atoms with E-state index in [0.29, 0.717) is 4.90 Å². The van der Waals surface area contributed by atoms with E-state index in [-0.39, 0.29) is 6.04 Å². The fourth-order valence-electron chi connectivity index (χ4n) is 1.71. The van der Waals surface area contributed by atoms with Crippen LogP contribution in [0.3, 0.4) is 0 Å². The number of rotatable bonds is 6. The molecule has 5 heteroatoms. The number of hydrogen-bond acceptors (Lipinski definition) is 3. The maximum absolute atomic E-state index is 11.9. The molecule has 0 aromatic heterocycles. The van der Waals surface area contributed by atoms with Crippen LogP contribution in [0.5, 0.6) is 0 Å². The van der Waals surface area contributed by atoms with Crippen LogP contribution >= 0.6 is 0 Å². The largest absolute Gasteiger partial charge is 0.385 e. The number of benzene rings is 1. The van der Waals surface area contributed by atoms with Gasteiger partial charge in [0.15, 0.2) is 0 Å². The summed E-state index contributed by atoms with van der Waals surface area (Å²) in [4.78, 5) is 0.313. The highest BCUT2D eigenvalue weighted by Gasteiger charge is 2.20. The Balaban J connectivity index is 2.01. The van der Waals surface area contributed by atoms with Crippen molar-refractivity contribution in [1.29, 1.82) is 0 Å². The van der Waals surface area contributed by atoms with Crippen LogP contribution in [0.1, 0.15) is 26.7 Å². The van der Waals surface area contributed by atoms with Gasteiger partial charge in [0.1, 0.15) is 0 Å². The summed E-state index contributed by atoms with van der Waals surface area (Å²) in [6.45, 7) is 4.60. The first-order chi connectivity index (χ1) is 8.47. The molecule has 1 aromatic carbocycles. The second-order valence-corrected chi connectivity index (χ2v) is 6.84. The van der Waals surface area contributed by atoms with Gasteiger partial charge in [-0.3, -0.25) is 0 Å². The van der Waals surface area contributed by atoms with Crippen molar-refractivity contribution in [3.8, 4) is 0 Å². The van der Waals surface area contributed by atoms with E-state index in [4.69, 9.17) is 0 Å². The van der Waals surface area contributed by atoms with Crippen LogP contribution < -0.4 is 10.0 Å². The van der Waals surface area contributed by atoms with Crippen molar-refractivity contribution < 1.29 is 8.42 Å². The van der Waals surface area contributed by atoms with Gasteiger partial charge in [-0.25, -0.2) is 13.1 Å². The Hall–Kier alpha value is -1.07. The van der Waals surface area contributed by atoms with E-state index in [9.17, 15) is 8.42 Å². The summed E-state index contributed by atoms with van der Waals surface area (Å²) in [5, 5.41) is 3.31. The van der Waals surface area contributed by atoms with Gasteiger partial charge < -0.3 is 5.32 Å².